The van der Waals surface area contributed by atoms with Crippen molar-refractivity contribution in [3.05, 3.63) is 106 Å². The lowest BCUT2D eigenvalue weighted by molar-refractivity contribution is -0.0987. The third kappa shape index (κ3) is 12.7. The number of aliphatic hydroxyl groups excluding tert-OH is 1. The number of allylic oxidation sites excluding steroid dienone is 1. The molecule has 0 bridgehead atoms. The van der Waals surface area contributed by atoms with E-state index < -0.39 is 0 Å². The Morgan fingerprint density at radius 2 is 1.57 bits per heavy atom. The Bertz CT molecular complexity index is 1220. The van der Waals surface area contributed by atoms with E-state index >= 15 is 0 Å². The molecular formula is C37H50N2O3. The maximum atomic E-state index is 8.92. The van der Waals surface area contributed by atoms with E-state index in [2.05, 4.69) is 80.8 Å². The number of carbonyl (C=O) groups excluding carboxylic acids is 2. The van der Waals surface area contributed by atoms with Crippen LogP contribution < -0.4 is 4.90 Å². The first-order chi connectivity index (χ1) is 20.2. The third-order valence-corrected chi connectivity index (χ3v) is 7.46. The van der Waals surface area contributed by atoms with Gasteiger partial charge in [-0.1, -0.05) is 105 Å². The zero-order valence-electron chi connectivity index (χ0n) is 26.4. The van der Waals surface area contributed by atoms with Gasteiger partial charge in [0.1, 0.15) is 19.3 Å². The quantitative estimate of drug-likeness (QED) is 0.247. The van der Waals surface area contributed by atoms with Crippen LogP contribution in [-0.4, -0.2) is 37.8 Å². The van der Waals surface area contributed by atoms with Gasteiger partial charge in [-0.3, -0.25) is 4.98 Å². The minimum atomic E-state index is 0.125. The van der Waals surface area contributed by atoms with Crippen molar-refractivity contribution in [2.24, 2.45) is 5.92 Å². The molecule has 1 N–H and O–H groups in total. The zero-order valence-corrected chi connectivity index (χ0v) is 26.4. The van der Waals surface area contributed by atoms with Crippen LogP contribution in [0, 0.1) is 19.8 Å². The summed E-state index contributed by atoms with van der Waals surface area (Å²) in [6.07, 6.45) is 14.6. The smallest absolute Gasteiger partial charge is 0.115 e. The number of benzene rings is 2. The molecule has 1 aromatic heterocycles. The first-order valence-corrected chi connectivity index (χ1v) is 14.7. The number of rotatable bonds is 10. The minimum absolute atomic E-state index is 0.125. The molecule has 0 radical (unpaired) electrons. The van der Waals surface area contributed by atoms with Crippen molar-refractivity contribution in [3.8, 4) is 0 Å². The van der Waals surface area contributed by atoms with E-state index in [0.717, 1.165) is 23.6 Å². The van der Waals surface area contributed by atoms with Gasteiger partial charge in [0, 0.05) is 25.4 Å². The Labute approximate surface area is 254 Å². The lowest BCUT2D eigenvalue weighted by Gasteiger charge is -2.25. The molecule has 5 nitrogen and oxygen atoms in total. The molecule has 0 aliphatic heterocycles. The molecule has 42 heavy (non-hydrogen) atoms. The van der Waals surface area contributed by atoms with Gasteiger partial charge in [-0.2, -0.15) is 0 Å². The predicted molar refractivity (Wildman–Crippen MR) is 179 cm³/mol. The van der Waals surface area contributed by atoms with Gasteiger partial charge in [-0.15, -0.1) is 0 Å². The standard InChI is InChI=1S/C26H36N2.C9H10O.2CH2O/c1-5-7-21-10-13-23(14-11-21)16-24(15-12-22-8-6-9-22)17-25-18-26(28(3)4)19-27-20(25)2;1-7-3-5-9(6-4-7)8(2)10;2*1-2/h10-11,13-14,17-19,22H,5-9,12,15-16H2,1-4H3;3-6,10H,2H2,1H3;2*1H2/b24-17+;;;. The molecule has 3 aromatic rings. The van der Waals surface area contributed by atoms with Crippen LogP contribution in [0.5, 0.6) is 0 Å². The molecule has 226 valence electrons. The van der Waals surface area contributed by atoms with E-state index in [9.17, 15) is 0 Å². The molecule has 1 aliphatic rings. The Morgan fingerprint density at radius 1 is 0.976 bits per heavy atom. The third-order valence-electron chi connectivity index (χ3n) is 7.46. The van der Waals surface area contributed by atoms with Gasteiger partial charge < -0.3 is 19.6 Å². The molecule has 2 aromatic carbocycles. The summed E-state index contributed by atoms with van der Waals surface area (Å²) in [5.74, 6) is 1.07. The van der Waals surface area contributed by atoms with E-state index in [0.29, 0.717) is 0 Å². The maximum Gasteiger partial charge on any atom is 0.115 e. The Morgan fingerprint density at radius 3 is 2.07 bits per heavy atom. The van der Waals surface area contributed by atoms with Crippen LogP contribution in [0.15, 0.2) is 72.9 Å². The SMILES string of the molecule is C=C(O)c1ccc(C)cc1.C=O.C=O.CCCc1ccc(C/C(=C/c2cc(N(C)C)cnc2C)CCC2CCC2)cc1. The summed E-state index contributed by atoms with van der Waals surface area (Å²) < 4.78 is 0. The average molecular weight is 571 g/mol. The summed E-state index contributed by atoms with van der Waals surface area (Å²) in [5.41, 5.74) is 9.92. The average Bonchev–Trinajstić information content (AvgIpc) is 2.97. The van der Waals surface area contributed by atoms with Gasteiger partial charge in [-0.25, -0.2) is 0 Å². The van der Waals surface area contributed by atoms with Gasteiger partial charge in [0.25, 0.3) is 0 Å². The molecule has 1 heterocycles. The highest BCUT2D eigenvalue weighted by molar-refractivity contribution is 5.61. The van der Waals surface area contributed by atoms with Crippen LogP contribution in [0.1, 0.15) is 79.0 Å². The van der Waals surface area contributed by atoms with E-state index in [-0.39, 0.29) is 5.76 Å². The molecule has 0 unspecified atom stereocenters. The van der Waals surface area contributed by atoms with Crippen molar-refractivity contribution in [2.75, 3.05) is 19.0 Å². The van der Waals surface area contributed by atoms with Gasteiger partial charge in [0.2, 0.25) is 0 Å². The molecule has 1 fully saturated rings. The molecule has 5 heteroatoms. The number of nitrogens with zero attached hydrogens (tertiary/aromatic N) is 2. The summed E-state index contributed by atoms with van der Waals surface area (Å²) >= 11 is 0. The minimum Gasteiger partial charge on any atom is -0.508 e. The fourth-order valence-corrected chi connectivity index (χ4v) is 4.65. The second-order valence-electron chi connectivity index (χ2n) is 11.0. The first-order valence-electron chi connectivity index (χ1n) is 14.7. The number of aromatic nitrogens is 1. The van der Waals surface area contributed by atoms with Crippen molar-refractivity contribution in [2.45, 2.75) is 72.1 Å². The molecule has 0 saturated heterocycles. The fourth-order valence-electron chi connectivity index (χ4n) is 4.65. The van der Waals surface area contributed by atoms with Crippen LogP contribution in [0.3, 0.4) is 0 Å². The lowest BCUT2D eigenvalue weighted by Crippen LogP contribution is -2.11. The largest absolute Gasteiger partial charge is 0.508 e. The summed E-state index contributed by atoms with van der Waals surface area (Å²) in [6, 6.07) is 19.1. The lowest BCUT2D eigenvalue weighted by atomic mass is 9.80. The molecule has 4 rings (SSSR count). The molecule has 0 atom stereocenters. The summed E-state index contributed by atoms with van der Waals surface area (Å²) in [6.45, 7) is 13.8. The van der Waals surface area contributed by atoms with Crippen LogP contribution in [0.4, 0.5) is 5.69 Å². The molecule has 0 amide bonds. The fraction of sp³-hybridized carbons (Fsp3) is 0.378. The molecule has 0 spiro atoms. The van der Waals surface area contributed by atoms with Crippen LogP contribution in [-0.2, 0) is 22.4 Å². The Hall–Kier alpha value is -3.99. The number of hydrogen-bond acceptors (Lipinski definition) is 5. The Kier molecular flexibility index (Phi) is 17.1. The van der Waals surface area contributed by atoms with E-state index in [1.54, 1.807) is 0 Å². The zero-order chi connectivity index (χ0) is 31.5. The highest BCUT2D eigenvalue weighted by Crippen LogP contribution is 2.33. The molecule has 1 saturated carbocycles. The van der Waals surface area contributed by atoms with Crippen molar-refractivity contribution in [1.29, 1.82) is 0 Å². The molecular weight excluding hydrogens is 520 g/mol. The second-order valence-corrected chi connectivity index (χ2v) is 11.0. The number of aryl methyl sites for hydroxylation is 3. The summed E-state index contributed by atoms with van der Waals surface area (Å²) in [4.78, 5) is 22.8. The predicted octanol–water partition coefficient (Wildman–Crippen LogP) is 8.77. The van der Waals surface area contributed by atoms with Crippen molar-refractivity contribution in [3.63, 3.8) is 0 Å². The topological polar surface area (TPSA) is 70.5 Å². The van der Waals surface area contributed by atoms with E-state index in [4.69, 9.17) is 14.7 Å². The van der Waals surface area contributed by atoms with Crippen LogP contribution >= 0.6 is 0 Å². The van der Waals surface area contributed by atoms with Gasteiger partial charge >= 0.3 is 0 Å². The number of aliphatic hydroxyl groups is 1. The van der Waals surface area contributed by atoms with E-state index in [1.165, 1.54) is 78.5 Å². The van der Waals surface area contributed by atoms with Crippen molar-refractivity contribution < 1.29 is 14.7 Å². The van der Waals surface area contributed by atoms with Crippen LogP contribution in [0.25, 0.3) is 11.8 Å². The number of carbonyl (C=O) groups is 2. The van der Waals surface area contributed by atoms with Crippen molar-refractivity contribution in [1.82, 2.24) is 4.98 Å². The van der Waals surface area contributed by atoms with Gasteiger partial charge in [0.15, 0.2) is 0 Å². The maximum absolute atomic E-state index is 8.92. The van der Waals surface area contributed by atoms with Crippen molar-refractivity contribution >= 4 is 31.1 Å². The number of pyridine rings is 1. The van der Waals surface area contributed by atoms with Crippen LogP contribution in [0.2, 0.25) is 0 Å². The second kappa shape index (κ2) is 20.0. The number of anilines is 1. The monoisotopic (exact) mass is 570 g/mol. The Balaban J connectivity index is 0.000000526. The normalized spacial score (nSPS) is 12.3. The molecule has 1 aliphatic carbocycles. The van der Waals surface area contributed by atoms with E-state index in [1.807, 2.05) is 51.0 Å². The summed E-state index contributed by atoms with van der Waals surface area (Å²) in [7, 11) is 4.16. The first kappa shape index (κ1) is 36.0. The van der Waals surface area contributed by atoms with Gasteiger partial charge in [-0.05, 0) is 68.2 Å². The highest BCUT2D eigenvalue weighted by atomic mass is 16.3. The summed E-state index contributed by atoms with van der Waals surface area (Å²) in [5, 5.41) is 8.92. The van der Waals surface area contributed by atoms with Gasteiger partial charge in [0.05, 0.1) is 11.9 Å². The highest BCUT2D eigenvalue weighted by Gasteiger charge is 2.17. The number of hydrogen-bond donors (Lipinski definition) is 1.